The van der Waals surface area contributed by atoms with Gasteiger partial charge in [-0.15, -0.1) is 0 Å². The van der Waals surface area contributed by atoms with Crippen LogP contribution in [0.1, 0.15) is 11.1 Å². The zero-order chi connectivity index (χ0) is 15.3. The Hall–Kier alpha value is -2.52. The fraction of sp³-hybridized carbons (Fsp3) is 0.133. The lowest BCUT2D eigenvalue weighted by Crippen LogP contribution is -2.12. The summed E-state index contributed by atoms with van der Waals surface area (Å²) in [6.45, 7) is 0. The zero-order valence-electron chi connectivity index (χ0n) is 11.3. The Balaban J connectivity index is 2.21. The molecule has 0 aliphatic carbocycles. The lowest BCUT2D eigenvalue weighted by molar-refractivity contribution is 0.390. The molecule has 0 spiro atoms. The van der Waals surface area contributed by atoms with Crippen LogP contribution in [0.25, 0.3) is 0 Å². The summed E-state index contributed by atoms with van der Waals surface area (Å²) in [4.78, 5) is 0. The Kier molecular flexibility index (Phi) is 4.45. The molecule has 0 unspecified atom stereocenters. The minimum Gasteiger partial charge on any atom is -0.493 e. The van der Waals surface area contributed by atoms with Crippen LogP contribution in [0.15, 0.2) is 48.5 Å². The summed E-state index contributed by atoms with van der Waals surface area (Å²) < 4.78 is 34.3. The number of ether oxygens (including phenoxy) is 1. The largest absolute Gasteiger partial charge is 0.493 e. The molecule has 0 saturated carbocycles. The summed E-state index contributed by atoms with van der Waals surface area (Å²) in [6.07, 6.45) is 0. The van der Waals surface area contributed by atoms with E-state index in [1.54, 1.807) is 36.4 Å². The molecular formula is C15H13NO4S. The van der Waals surface area contributed by atoms with E-state index in [1.165, 1.54) is 19.2 Å². The summed E-state index contributed by atoms with van der Waals surface area (Å²) in [5, 5.41) is 8.82. The number of benzene rings is 2. The molecule has 0 fully saturated rings. The average Bonchev–Trinajstić information content (AvgIpc) is 2.47. The SMILES string of the molecule is COc1ccccc1OS(=O)(=O)Cc1cccc(C#N)c1. The summed E-state index contributed by atoms with van der Waals surface area (Å²) in [5.74, 6) is 0.156. The first-order valence-corrected chi connectivity index (χ1v) is 7.66. The zero-order valence-corrected chi connectivity index (χ0v) is 12.1. The number of para-hydroxylation sites is 2. The first-order chi connectivity index (χ1) is 10.0. The van der Waals surface area contributed by atoms with Gasteiger partial charge in [-0.3, -0.25) is 0 Å². The molecule has 0 radical (unpaired) electrons. The van der Waals surface area contributed by atoms with E-state index < -0.39 is 10.1 Å². The lowest BCUT2D eigenvalue weighted by atomic mass is 10.2. The molecule has 2 aromatic carbocycles. The Labute approximate surface area is 123 Å². The molecule has 0 atom stereocenters. The number of rotatable bonds is 5. The normalized spacial score (nSPS) is 10.7. The molecule has 0 aliphatic rings. The number of hydrogen-bond acceptors (Lipinski definition) is 5. The van der Waals surface area contributed by atoms with Crippen LogP contribution in [0.5, 0.6) is 11.5 Å². The molecule has 6 heteroatoms. The molecule has 0 amide bonds. The third-order valence-electron chi connectivity index (χ3n) is 2.69. The quantitative estimate of drug-likeness (QED) is 0.793. The van der Waals surface area contributed by atoms with Crippen molar-refractivity contribution in [3.05, 3.63) is 59.7 Å². The van der Waals surface area contributed by atoms with Crippen molar-refractivity contribution in [3.8, 4) is 17.6 Å². The van der Waals surface area contributed by atoms with Gasteiger partial charge in [0.25, 0.3) is 0 Å². The number of hydrogen-bond donors (Lipinski definition) is 0. The Bertz CT molecular complexity index is 778. The van der Waals surface area contributed by atoms with Crippen LogP contribution >= 0.6 is 0 Å². The highest BCUT2D eigenvalue weighted by Crippen LogP contribution is 2.27. The molecule has 2 rings (SSSR count). The van der Waals surface area contributed by atoms with Gasteiger partial charge in [-0.1, -0.05) is 24.3 Å². The maximum Gasteiger partial charge on any atom is 0.313 e. The van der Waals surface area contributed by atoms with Gasteiger partial charge in [-0.05, 0) is 29.8 Å². The molecular weight excluding hydrogens is 290 g/mol. The average molecular weight is 303 g/mol. The van der Waals surface area contributed by atoms with Crippen LogP contribution in [0.4, 0.5) is 0 Å². The molecule has 5 nitrogen and oxygen atoms in total. The van der Waals surface area contributed by atoms with Crippen LogP contribution in [0.2, 0.25) is 0 Å². The Morgan fingerprint density at radius 1 is 1.10 bits per heavy atom. The van der Waals surface area contributed by atoms with Gasteiger partial charge in [0.05, 0.1) is 18.7 Å². The Morgan fingerprint density at radius 2 is 1.81 bits per heavy atom. The molecule has 0 N–H and O–H groups in total. The van der Waals surface area contributed by atoms with Gasteiger partial charge < -0.3 is 8.92 Å². The van der Waals surface area contributed by atoms with Crippen molar-refractivity contribution in [2.45, 2.75) is 5.75 Å². The fourth-order valence-electron chi connectivity index (χ4n) is 1.79. The van der Waals surface area contributed by atoms with E-state index in [1.807, 2.05) is 6.07 Å². The van der Waals surface area contributed by atoms with E-state index >= 15 is 0 Å². The molecule has 0 aromatic heterocycles. The third kappa shape index (κ3) is 3.97. The highest BCUT2D eigenvalue weighted by atomic mass is 32.2. The third-order valence-corrected chi connectivity index (χ3v) is 3.81. The summed E-state index contributed by atoms with van der Waals surface area (Å²) in [6, 6.07) is 14.9. The van der Waals surface area contributed by atoms with Crippen molar-refractivity contribution in [1.82, 2.24) is 0 Å². The first-order valence-electron chi connectivity index (χ1n) is 6.08. The van der Waals surface area contributed by atoms with E-state index in [9.17, 15) is 8.42 Å². The van der Waals surface area contributed by atoms with Crippen LogP contribution in [0.3, 0.4) is 0 Å². The second-order valence-corrected chi connectivity index (χ2v) is 5.82. The van der Waals surface area contributed by atoms with E-state index in [2.05, 4.69) is 0 Å². The van der Waals surface area contributed by atoms with Gasteiger partial charge in [0.15, 0.2) is 11.5 Å². The second kappa shape index (κ2) is 6.29. The van der Waals surface area contributed by atoms with Crippen molar-refractivity contribution in [2.75, 3.05) is 7.11 Å². The van der Waals surface area contributed by atoms with Gasteiger partial charge in [-0.2, -0.15) is 13.7 Å². The van der Waals surface area contributed by atoms with E-state index in [-0.39, 0.29) is 11.5 Å². The first kappa shape index (κ1) is 14.9. The van der Waals surface area contributed by atoms with Crippen LogP contribution in [-0.4, -0.2) is 15.5 Å². The predicted molar refractivity (Wildman–Crippen MR) is 77.4 cm³/mol. The fourth-order valence-corrected chi connectivity index (χ4v) is 2.85. The summed E-state index contributed by atoms with van der Waals surface area (Å²) in [5.41, 5.74) is 0.893. The second-order valence-electron chi connectivity index (χ2n) is 4.25. The van der Waals surface area contributed by atoms with Gasteiger partial charge in [-0.25, -0.2) is 0 Å². The van der Waals surface area contributed by atoms with Crippen molar-refractivity contribution < 1.29 is 17.3 Å². The van der Waals surface area contributed by atoms with Crippen molar-refractivity contribution in [2.24, 2.45) is 0 Å². The standard InChI is InChI=1S/C15H13NO4S/c1-19-14-7-2-3-8-15(14)20-21(17,18)11-13-6-4-5-12(9-13)10-16/h2-9H,11H2,1H3. The van der Waals surface area contributed by atoms with Crippen LogP contribution < -0.4 is 8.92 Å². The minimum atomic E-state index is -3.83. The molecule has 0 aliphatic heterocycles. The van der Waals surface area contributed by atoms with E-state index in [0.717, 1.165) is 0 Å². The summed E-state index contributed by atoms with van der Waals surface area (Å²) in [7, 11) is -2.40. The molecule has 0 saturated heterocycles. The minimum absolute atomic E-state index is 0.136. The molecule has 108 valence electrons. The topological polar surface area (TPSA) is 76.4 Å². The monoisotopic (exact) mass is 303 g/mol. The van der Waals surface area contributed by atoms with Gasteiger partial charge >= 0.3 is 10.1 Å². The van der Waals surface area contributed by atoms with E-state index in [0.29, 0.717) is 16.9 Å². The maximum atomic E-state index is 12.1. The number of nitrogens with zero attached hydrogens (tertiary/aromatic N) is 1. The van der Waals surface area contributed by atoms with Gasteiger partial charge in [0, 0.05) is 0 Å². The summed E-state index contributed by atoms with van der Waals surface area (Å²) >= 11 is 0. The maximum absolute atomic E-state index is 12.1. The highest BCUT2D eigenvalue weighted by Gasteiger charge is 2.17. The van der Waals surface area contributed by atoms with Crippen molar-refractivity contribution in [3.63, 3.8) is 0 Å². The molecule has 21 heavy (non-hydrogen) atoms. The Morgan fingerprint density at radius 3 is 2.48 bits per heavy atom. The molecule has 0 heterocycles. The number of methoxy groups -OCH3 is 1. The lowest BCUT2D eigenvalue weighted by Gasteiger charge is -2.10. The highest BCUT2D eigenvalue weighted by molar-refractivity contribution is 7.86. The number of nitriles is 1. The smallest absolute Gasteiger partial charge is 0.313 e. The van der Waals surface area contributed by atoms with Crippen molar-refractivity contribution in [1.29, 1.82) is 5.26 Å². The molecule has 0 bridgehead atoms. The van der Waals surface area contributed by atoms with E-state index in [4.69, 9.17) is 14.2 Å². The predicted octanol–water partition coefficient (Wildman–Crippen LogP) is 2.48. The van der Waals surface area contributed by atoms with Gasteiger partial charge in [0.2, 0.25) is 0 Å². The van der Waals surface area contributed by atoms with Crippen molar-refractivity contribution >= 4 is 10.1 Å². The van der Waals surface area contributed by atoms with Crippen LogP contribution in [-0.2, 0) is 15.9 Å². The van der Waals surface area contributed by atoms with Gasteiger partial charge in [0.1, 0.15) is 5.75 Å². The van der Waals surface area contributed by atoms with Crippen LogP contribution in [0, 0.1) is 11.3 Å². The molecule has 2 aromatic rings.